The van der Waals surface area contributed by atoms with E-state index in [1.54, 1.807) is 0 Å². The summed E-state index contributed by atoms with van der Waals surface area (Å²) in [5, 5.41) is 6.14. The predicted octanol–water partition coefficient (Wildman–Crippen LogP) is 1.02. The molecule has 0 radical (unpaired) electrons. The Kier molecular flexibility index (Phi) is 3.06. The lowest BCUT2D eigenvalue weighted by atomic mass is 9.96. The van der Waals surface area contributed by atoms with E-state index < -0.39 is 10.0 Å². The standard InChI is InChI=1S/C9H15N3O2S/c13-15(14,9-6-10-11-7-9)12-8-4-2-1-3-5-8/h6-8,12H,1-5H2,(H,10,11). The van der Waals surface area contributed by atoms with E-state index in [-0.39, 0.29) is 10.9 Å². The average molecular weight is 229 g/mol. The molecule has 6 heteroatoms. The van der Waals surface area contributed by atoms with Gasteiger partial charge in [-0.3, -0.25) is 5.10 Å². The number of H-pyrrole nitrogens is 1. The highest BCUT2D eigenvalue weighted by Crippen LogP contribution is 2.19. The molecule has 1 aliphatic rings. The number of nitrogens with one attached hydrogen (secondary N) is 2. The van der Waals surface area contributed by atoms with E-state index in [2.05, 4.69) is 14.9 Å². The first-order valence-electron chi connectivity index (χ1n) is 5.19. The maximum Gasteiger partial charge on any atom is 0.243 e. The van der Waals surface area contributed by atoms with Crippen LogP contribution in [0.1, 0.15) is 32.1 Å². The number of nitrogens with zero attached hydrogens (tertiary/aromatic N) is 1. The lowest BCUT2D eigenvalue weighted by Crippen LogP contribution is -2.35. The summed E-state index contributed by atoms with van der Waals surface area (Å²) in [5.74, 6) is 0. The van der Waals surface area contributed by atoms with E-state index in [4.69, 9.17) is 0 Å². The normalized spacial score (nSPS) is 19.2. The van der Waals surface area contributed by atoms with Gasteiger partial charge in [0.25, 0.3) is 0 Å². The second-order valence-corrected chi connectivity index (χ2v) is 5.60. The van der Waals surface area contributed by atoms with Crippen LogP contribution in [0.4, 0.5) is 0 Å². The summed E-state index contributed by atoms with van der Waals surface area (Å²) in [5.41, 5.74) is 0. The monoisotopic (exact) mass is 229 g/mol. The Balaban J connectivity index is 2.04. The van der Waals surface area contributed by atoms with Crippen molar-refractivity contribution in [3.63, 3.8) is 0 Å². The molecule has 1 saturated carbocycles. The molecule has 2 N–H and O–H groups in total. The lowest BCUT2D eigenvalue weighted by Gasteiger charge is -2.22. The van der Waals surface area contributed by atoms with Crippen LogP contribution >= 0.6 is 0 Å². The first-order valence-corrected chi connectivity index (χ1v) is 6.68. The van der Waals surface area contributed by atoms with Gasteiger partial charge in [0, 0.05) is 12.2 Å². The molecule has 0 spiro atoms. The number of aromatic nitrogens is 2. The van der Waals surface area contributed by atoms with E-state index in [1.807, 2.05) is 0 Å². The van der Waals surface area contributed by atoms with Crippen molar-refractivity contribution in [1.82, 2.24) is 14.9 Å². The van der Waals surface area contributed by atoms with Crippen LogP contribution in [0.5, 0.6) is 0 Å². The molecule has 15 heavy (non-hydrogen) atoms. The summed E-state index contributed by atoms with van der Waals surface area (Å²) in [4.78, 5) is 0.216. The number of sulfonamides is 1. The third-order valence-electron chi connectivity index (χ3n) is 2.71. The smallest absolute Gasteiger partial charge is 0.243 e. The quantitative estimate of drug-likeness (QED) is 0.812. The molecule has 0 saturated heterocycles. The van der Waals surface area contributed by atoms with Crippen molar-refractivity contribution >= 4 is 10.0 Å². The van der Waals surface area contributed by atoms with Crippen molar-refractivity contribution in [3.8, 4) is 0 Å². The molecule has 5 nitrogen and oxygen atoms in total. The van der Waals surface area contributed by atoms with E-state index >= 15 is 0 Å². The van der Waals surface area contributed by atoms with Gasteiger partial charge in [-0.1, -0.05) is 19.3 Å². The molecule has 0 unspecified atom stereocenters. The molecule has 1 aromatic heterocycles. The molecule has 0 atom stereocenters. The fourth-order valence-corrected chi connectivity index (χ4v) is 3.10. The summed E-state index contributed by atoms with van der Waals surface area (Å²) in [6, 6.07) is 0.0960. The van der Waals surface area contributed by atoms with Gasteiger partial charge in [0.1, 0.15) is 4.90 Å². The van der Waals surface area contributed by atoms with Gasteiger partial charge in [-0.05, 0) is 12.8 Å². The van der Waals surface area contributed by atoms with Crippen LogP contribution in [0, 0.1) is 0 Å². The van der Waals surface area contributed by atoms with Crippen LogP contribution < -0.4 is 4.72 Å². The lowest BCUT2D eigenvalue weighted by molar-refractivity contribution is 0.412. The first-order chi connectivity index (χ1) is 7.18. The topological polar surface area (TPSA) is 74.8 Å². The predicted molar refractivity (Wildman–Crippen MR) is 55.8 cm³/mol. The van der Waals surface area contributed by atoms with Gasteiger partial charge >= 0.3 is 0 Å². The van der Waals surface area contributed by atoms with Crippen molar-refractivity contribution in [1.29, 1.82) is 0 Å². The van der Waals surface area contributed by atoms with E-state index in [9.17, 15) is 8.42 Å². The minimum Gasteiger partial charge on any atom is -0.284 e. The molecule has 0 amide bonds. The maximum atomic E-state index is 11.8. The summed E-state index contributed by atoms with van der Waals surface area (Å²) >= 11 is 0. The van der Waals surface area contributed by atoms with Crippen molar-refractivity contribution < 1.29 is 8.42 Å². The molecule has 1 aliphatic carbocycles. The zero-order chi connectivity index (χ0) is 10.7. The van der Waals surface area contributed by atoms with Crippen LogP contribution in [-0.4, -0.2) is 24.7 Å². The Morgan fingerprint density at radius 3 is 2.67 bits per heavy atom. The van der Waals surface area contributed by atoms with Crippen LogP contribution in [-0.2, 0) is 10.0 Å². The van der Waals surface area contributed by atoms with Gasteiger partial charge in [-0.15, -0.1) is 0 Å². The summed E-state index contributed by atoms with van der Waals surface area (Å²) < 4.78 is 26.3. The summed E-state index contributed by atoms with van der Waals surface area (Å²) in [7, 11) is -3.36. The van der Waals surface area contributed by atoms with Gasteiger partial charge in [-0.2, -0.15) is 5.10 Å². The SMILES string of the molecule is O=S(=O)(NC1CCCCC1)c1cn[nH]c1. The Labute approximate surface area is 89.3 Å². The Hall–Kier alpha value is -0.880. The Morgan fingerprint density at radius 2 is 2.07 bits per heavy atom. The number of aromatic amines is 1. The van der Waals surface area contributed by atoms with Crippen molar-refractivity contribution in [2.45, 2.75) is 43.0 Å². The molecule has 1 aromatic rings. The van der Waals surface area contributed by atoms with E-state index in [1.165, 1.54) is 18.8 Å². The molecule has 84 valence electrons. The minimum atomic E-state index is -3.36. The van der Waals surface area contributed by atoms with Gasteiger partial charge in [0.15, 0.2) is 0 Å². The van der Waals surface area contributed by atoms with Crippen LogP contribution in [0.2, 0.25) is 0 Å². The van der Waals surface area contributed by atoms with E-state index in [0.29, 0.717) is 0 Å². The third-order valence-corrected chi connectivity index (χ3v) is 4.20. The van der Waals surface area contributed by atoms with E-state index in [0.717, 1.165) is 25.7 Å². The summed E-state index contributed by atoms with van der Waals surface area (Å²) in [6.45, 7) is 0. The van der Waals surface area contributed by atoms with Crippen molar-refractivity contribution in [3.05, 3.63) is 12.4 Å². The molecule has 1 fully saturated rings. The summed E-state index contributed by atoms with van der Waals surface area (Å²) in [6.07, 6.45) is 8.03. The fourth-order valence-electron chi connectivity index (χ4n) is 1.89. The second-order valence-electron chi connectivity index (χ2n) is 3.89. The van der Waals surface area contributed by atoms with Crippen molar-refractivity contribution in [2.75, 3.05) is 0 Å². The molecule has 0 aromatic carbocycles. The molecule has 2 rings (SSSR count). The highest BCUT2D eigenvalue weighted by atomic mass is 32.2. The molecule has 0 bridgehead atoms. The minimum absolute atomic E-state index is 0.0960. The van der Waals surface area contributed by atoms with Gasteiger partial charge in [-0.25, -0.2) is 13.1 Å². The third kappa shape index (κ3) is 2.57. The molecular weight excluding hydrogens is 214 g/mol. The van der Waals surface area contributed by atoms with Gasteiger partial charge in [0.2, 0.25) is 10.0 Å². The largest absolute Gasteiger partial charge is 0.284 e. The first kappa shape index (κ1) is 10.6. The zero-order valence-electron chi connectivity index (χ0n) is 8.44. The highest BCUT2D eigenvalue weighted by Gasteiger charge is 2.22. The fraction of sp³-hybridized carbons (Fsp3) is 0.667. The Morgan fingerprint density at radius 1 is 1.33 bits per heavy atom. The maximum absolute atomic E-state index is 11.8. The Bertz CT molecular complexity index is 393. The van der Waals surface area contributed by atoms with Gasteiger partial charge < -0.3 is 0 Å². The second kappa shape index (κ2) is 4.32. The van der Waals surface area contributed by atoms with Gasteiger partial charge in [0.05, 0.1) is 6.20 Å². The van der Waals surface area contributed by atoms with Crippen LogP contribution in [0.15, 0.2) is 17.3 Å². The zero-order valence-corrected chi connectivity index (χ0v) is 9.26. The van der Waals surface area contributed by atoms with Crippen LogP contribution in [0.3, 0.4) is 0 Å². The number of hydrogen-bond acceptors (Lipinski definition) is 3. The molecule has 1 heterocycles. The number of rotatable bonds is 3. The van der Waals surface area contributed by atoms with Crippen LogP contribution in [0.25, 0.3) is 0 Å². The molecule has 0 aliphatic heterocycles. The highest BCUT2D eigenvalue weighted by molar-refractivity contribution is 7.89. The van der Waals surface area contributed by atoms with Crippen molar-refractivity contribution in [2.24, 2.45) is 0 Å². The number of hydrogen-bond donors (Lipinski definition) is 2. The molecular formula is C9H15N3O2S. The average Bonchev–Trinajstić information content (AvgIpc) is 2.71.